The van der Waals surface area contributed by atoms with Crippen LogP contribution in [0, 0.1) is 0 Å². The van der Waals surface area contributed by atoms with Gasteiger partial charge >= 0.3 is 5.52 Å². The van der Waals surface area contributed by atoms with Crippen molar-refractivity contribution in [2.24, 2.45) is 5.73 Å². The van der Waals surface area contributed by atoms with Crippen LogP contribution in [0.1, 0.15) is 13.3 Å². The van der Waals surface area contributed by atoms with Crippen molar-refractivity contribution in [3.63, 3.8) is 0 Å². The molecule has 0 aromatic rings. The molecular formula is C3H10Cl5NSi2. The second-order valence-electron chi connectivity index (χ2n) is 1.63. The van der Waals surface area contributed by atoms with Gasteiger partial charge < -0.3 is 5.73 Å². The Balaban J connectivity index is 0. The molecule has 0 spiro atoms. The van der Waals surface area contributed by atoms with Crippen molar-refractivity contribution >= 4 is 67.8 Å². The van der Waals surface area contributed by atoms with Crippen LogP contribution in [0.4, 0.5) is 0 Å². The smallest absolute Gasteiger partial charge is 0.330 e. The molecule has 0 saturated carbocycles. The first-order chi connectivity index (χ1) is 4.86. The van der Waals surface area contributed by atoms with Gasteiger partial charge in [0, 0.05) is 0 Å². The van der Waals surface area contributed by atoms with Gasteiger partial charge in [-0.25, -0.2) is 0 Å². The number of hydrogen-bond donors (Lipinski definition) is 1. The van der Waals surface area contributed by atoms with E-state index in [1.54, 1.807) is 0 Å². The maximum atomic E-state index is 5.34. The van der Waals surface area contributed by atoms with Gasteiger partial charge in [0.2, 0.25) is 0 Å². The van der Waals surface area contributed by atoms with E-state index in [4.69, 9.17) is 61.1 Å². The first-order valence-electron chi connectivity index (χ1n) is 2.91. The van der Waals surface area contributed by atoms with Crippen LogP contribution in [0.3, 0.4) is 0 Å². The van der Waals surface area contributed by atoms with Crippen molar-refractivity contribution in [2.75, 3.05) is 6.54 Å². The summed E-state index contributed by atoms with van der Waals surface area (Å²) >= 11 is 26.7. The van der Waals surface area contributed by atoms with Crippen LogP contribution in [-0.4, -0.2) is 19.0 Å². The summed E-state index contributed by atoms with van der Waals surface area (Å²) in [6.45, 7) is 0.896. The Bertz CT molecular complexity index is 82.3. The lowest BCUT2D eigenvalue weighted by atomic mass is 10.5. The minimum absolute atomic E-state index is 0.819. The maximum absolute atomic E-state index is 5.34. The van der Waals surface area contributed by atoms with Crippen molar-refractivity contribution in [1.29, 1.82) is 0 Å². The highest BCUT2D eigenvalue weighted by atomic mass is 35.9. The van der Waals surface area contributed by atoms with Crippen molar-refractivity contribution < 1.29 is 0 Å². The third kappa shape index (κ3) is 14.7. The number of hydrogen-bond acceptors (Lipinski definition) is 1. The molecule has 8 heteroatoms. The fourth-order valence-corrected chi connectivity index (χ4v) is 0. The summed E-state index contributed by atoms with van der Waals surface area (Å²) in [4.78, 5) is 0. The highest BCUT2D eigenvalue weighted by molar-refractivity contribution is 7.97. The molecule has 0 aliphatic carbocycles. The highest BCUT2D eigenvalue weighted by Crippen LogP contribution is 2.26. The van der Waals surface area contributed by atoms with Gasteiger partial charge in [-0.1, -0.05) is 6.92 Å². The van der Waals surface area contributed by atoms with Gasteiger partial charge in [-0.3, -0.25) is 0 Å². The van der Waals surface area contributed by atoms with E-state index in [1.165, 1.54) is 0 Å². The largest absolute Gasteiger partial charge is 0.355 e. The summed E-state index contributed by atoms with van der Waals surface area (Å²) in [5, 5.41) is 0. The van der Waals surface area contributed by atoms with Crippen LogP contribution in [-0.2, 0) is 0 Å². The van der Waals surface area contributed by atoms with E-state index < -0.39 is 12.5 Å². The van der Waals surface area contributed by atoms with Crippen LogP contribution in [0.25, 0.3) is 0 Å². The first-order valence-corrected chi connectivity index (χ1v) is 13.2. The Morgan fingerprint density at radius 2 is 1.45 bits per heavy atom. The van der Waals surface area contributed by atoms with Gasteiger partial charge in [0.05, 0.1) is 0 Å². The first kappa shape index (κ1) is 15.3. The molecule has 0 bridgehead atoms. The second-order valence-corrected chi connectivity index (χ2v) is 23.5. The Labute approximate surface area is 93.0 Å². The molecule has 0 aromatic carbocycles. The van der Waals surface area contributed by atoms with Gasteiger partial charge in [0.15, 0.2) is 0 Å². The molecule has 0 saturated heterocycles. The maximum Gasteiger partial charge on any atom is 0.355 e. The van der Waals surface area contributed by atoms with Crippen molar-refractivity contribution in [3.8, 4) is 0 Å². The molecule has 0 rings (SSSR count). The topological polar surface area (TPSA) is 26.0 Å². The number of halogens is 5. The minimum atomic E-state index is -2.65. The lowest BCUT2D eigenvalue weighted by Gasteiger charge is -2.03. The zero-order valence-electron chi connectivity index (χ0n) is 5.96. The molecule has 2 N–H and O–H groups in total. The van der Waals surface area contributed by atoms with Crippen molar-refractivity contribution in [2.45, 2.75) is 13.3 Å². The molecule has 0 aromatic heterocycles. The summed E-state index contributed by atoms with van der Waals surface area (Å²) < 4.78 is 0. The molecule has 0 unspecified atom stereocenters. The van der Waals surface area contributed by atoms with Crippen molar-refractivity contribution in [1.82, 2.24) is 0 Å². The van der Waals surface area contributed by atoms with Crippen LogP contribution in [0.2, 0.25) is 0 Å². The Hall–Kier alpha value is 1.84. The highest BCUT2D eigenvalue weighted by Gasteiger charge is 2.35. The predicted octanol–water partition coefficient (Wildman–Crippen LogP) is 2.77. The predicted molar refractivity (Wildman–Crippen MR) is 61.5 cm³/mol. The van der Waals surface area contributed by atoms with E-state index >= 15 is 0 Å². The molecule has 0 atom stereocenters. The van der Waals surface area contributed by atoms with Crippen LogP contribution in [0.15, 0.2) is 0 Å². The summed E-state index contributed by atoms with van der Waals surface area (Å²) in [5.74, 6) is 0. The number of rotatable bonds is 2. The van der Waals surface area contributed by atoms with E-state index in [0.717, 1.165) is 13.0 Å². The fraction of sp³-hybridized carbons (Fsp3) is 1.00. The zero-order chi connectivity index (χ0) is 9.49. The summed E-state index contributed by atoms with van der Waals surface area (Å²) in [6, 6.07) is 0. The third-order valence-electron chi connectivity index (χ3n) is 0.536. The lowest BCUT2D eigenvalue weighted by molar-refractivity contribution is 0.932. The zero-order valence-corrected chi connectivity index (χ0v) is 11.9. The number of nitrogens with two attached hydrogens (primary N) is 1. The van der Waals surface area contributed by atoms with Crippen LogP contribution < -0.4 is 5.73 Å². The molecule has 0 radical (unpaired) electrons. The van der Waals surface area contributed by atoms with Gasteiger partial charge in [-0.05, 0) is 13.0 Å². The fourth-order valence-electron chi connectivity index (χ4n) is 0. The molecule has 1 nitrogen and oxygen atoms in total. The summed E-state index contributed by atoms with van der Waals surface area (Å²) in [7, 11) is 0. The standard InChI is InChI=1S/C3H9N.Cl5HSi2/c1-2-3-4;1-6(2)7(3,4)5/h2-4H2,1H3;6H. The molecule has 0 fully saturated rings. The van der Waals surface area contributed by atoms with Crippen LogP contribution >= 0.6 is 55.4 Å². The molecule has 0 amide bonds. The van der Waals surface area contributed by atoms with E-state index in [2.05, 4.69) is 6.92 Å². The Kier molecular flexibility index (Phi) is 11.8. The summed E-state index contributed by atoms with van der Waals surface area (Å²) in [5.41, 5.74) is 2.38. The van der Waals surface area contributed by atoms with E-state index in [1.807, 2.05) is 0 Å². The molecule has 0 heterocycles. The normalized spacial score (nSPS) is 10.9. The molecular weight excluding hydrogens is 283 g/mol. The minimum Gasteiger partial charge on any atom is -0.330 e. The summed E-state index contributed by atoms with van der Waals surface area (Å²) in [6.07, 6.45) is 1.10. The van der Waals surface area contributed by atoms with Gasteiger partial charge in [0.1, 0.15) is 0 Å². The van der Waals surface area contributed by atoms with Crippen molar-refractivity contribution in [3.05, 3.63) is 0 Å². The quantitative estimate of drug-likeness (QED) is 0.615. The molecule has 0 aliphatic rings. The third-order valence-corrected chi connectivity index (χ3v) is 20.3. The SMILES string of the molecule is CCCN.Cl[SiH](Cl)[Si](Cl)(Cl)Cl. The lowest BCUT2D eigenvalue weighted by Crippen LogP contribution is -2.25. The van der Waals surface area contributed by atoms with Crippen LogP contribution in [0.5, 0.6) is 0 Å². The monoisotopic (exact) mass is 291 g/mol. The average molecular weight is 294 g/mol. The second kappa shape index (κ2) is 8.44. The van der Waals surface area contributed by atoms with Gasteiger partial charge in [0.25, 0.3) is 6.93 Å². The van der Waals surface area contributed by atoms with Gasteiger partial charge in [-0.2, -0.15) is 0 Å². The molecule has 0 aliphatic heterocycles. The van der Waals surface area contributed by atoms with E-state index in [0.29, 0.717) is 0 Å². The Morgan fingerprint density at radius 1 is 1.27 bits per heavy atom. The van der Waals surface area contributed by atoms with Gasteiger partial charge in [-0.15, -0.1) is 55.4 Å². The molecule has 11 heavy (non-hydrogen) atoms. The Morgan fingerprint density at radius 3 is 1.45 bits per heavy atom. The van der Waals surface area contributed by atoms with E-state index in [-0.39, 0.29) is 0 Å². The van der Waals surface area contributed by atoms with E-state index in [9.17, 15) is 0 Å². The molecule has 70 valence electrons. The average Bonchev–Trinajstić information content (AvgIpc) is 1.87.